The van der Waals surface area contributed by atoms with Crippen LogP contribution in [0.2, 0.25) is 0 Å². The Morgan fingerprint density at radius 1 is 1.18 bits per heavy atom. The van der Waals surface area contributed by atoms with Gasteiger partial charge in [0.15, 0.2) is 5.96 Å². The second-order valence-electron chi connectivity index (χ2n) is 6.70. The SMILES string of the molecule is CCNC(=NCC(C)CN1CCOCC1)NCCCC(C)C. The van der Waals surface area contributed by atoms with E-state index in [-0.39, 0.29) is 0 Å². The number of rotatable bonds is 9. The molecule has 0 aliphatic carbocycles. The molecule has 5 heteroatoms. The molecule has 22 heavy (non-hydrogen) atoms. The largest absolute Gasteiger partial charge is 0.379 e. The zero-order valence-electron chi connectivity index (χ0n) is 15.0. The lowest BCUT2D eigenvalue weighted by molar-refractivity contribution is 0.0323. The van der Waals surface area contributed by atoms with Gasteiger partial charge in [0.2, 0.25) is 0 Å². The summed E-state index contributed by atoms with van der Waals surface area (Å²) in [4.78, 5) is 7.21. The molecule has 1 rings (SSSR count). The second kappa shape index (κ2) is 11.7. The Labute approximate surface area is 136 Å². The predicted octanol–water partition coefficient (Wildman–Crippen LogP) is 1.95. The molecular weight excluding hydrogens is 276 g/mol. The van der Waals surface area contributed by atoms with Crippen molar-refractivity contribution in [1.82, 2.24) is 15.5 Å². The van der Waals surface area contributed by atoms with E-state index in [9.17, 15) is 0 Å². The van der Waals surface area contributed by atoms with Gasteiger partial charge < -0.3 is 15.4 Å². The molecule has 1 atom stereocenters. The molecule has 0 aromatic carbocycles. The minimum atomic E-state index is 0.573. The number of nitrogens with zero attached hydrogens (tertiary/aromatic N) is 2. The molecule has 0 saturated carbocycles. The summed E-state index contributed by atoms with van der Waals surface area (Å²) < 4.78 is 5.39. The number of aliphatic imine (C=N–C) groups is 1. The molecule has 2 N–H and O–H groups in total. The van der Waals surface area contributed by atoms with Gasteiger partial charge in [-0.05, 0) is 31.6 Å². The Morgan fingerprint density at radius 3 is 2.55 bits per heavy atom. The van der Waals surface area contributed by atoms with Crippen molar-refractivity contribution in [2.75, 3.05) is 52.5 Å². The summed E-state index contributed by atoms with van der Waals surface area (Å²) in [5.41, 5.74) is 0. The average Bonchev–Trinajstić information content (AvgIpc) is 2.49. The number of hydrogen-bond acceptors (Lipinski definition) is 3. The maximum atomic E-state index is 5.39. The average molecular weight is 313 g/mol. The molecule has 0 aromatic heterocycles. The minimum Gasteiger partial charge on any atom is -0.379 e. The third-order valence-corrected chi connectivity index (χ3v) is 3.83. The van der Waals surface area contributed by atoms with Gasteiger partial charge in [-0.3, -0.25) is 9.89 Å². The third-order valence-electron chi connectivity index (χ3n) is 3.83. The first-order valence-electron chi connectivity index (χ1n) is 8.94. The van der Waals surface area contributed by atoms with Crippen molar-refractivity contribution in [1.29, 1.82) is 0 Å². The summed E-state index contributed by atoms with van der Waals surface area (Å²) in [6.45, 7) is 16.7. The summed E-state index contributed by atoms with van der Waals surface area (Å²) in [7, 11) is 0. The molecule has 0 amide bonds. The smallest absolute Gasteiger partial charge is 0.191 e. The Morgan fingerprint density at radius 2 is 1.91 bits per heavy atom. The van der Waals surface area contributed by atoms with Gasteiger partial charge in [-0.1, -0.05) is 20.8 Å². The quantitative estimate of drug-likeness (QED) is 0.388. The molecule has 1 saturated heterocycles. The lowest BCUT2D eigenvalue weighted by Gasteiger charge is -2.28. The van der Waals surface area contributed by atoms with E-state index in [1.165, 1.54) is 12.8 Å². The van der Waals surface area contributed by atoms with Crippen molar-refractivity contribution in [3.63, 3.8) is 0 Å². The van der Waals surface area contributed by atoms with Crippen molar-refractivity contribution in [3.8, 4) is 0 Å². The number of ether oxygens (including phenoxy) is 1. The van der Waals surface area contributed by atoms with Crippen LogP contribution in [0.1, 0.15) is 40.5 Å². The van der Waals surface area contributed by atoms with Gasteiger partial charge in [-0.15, -0.1) is 0 Å². The maximum Gasteiger partial charge on any atom is 0.191 e. The zero-order valence-corrected chi connectivity index (χ0v) is 15.0. The monoisotopic (exact) mass is 312 g/mol. The normalized spacial score (nSPS) is 18.5. The first kappa shape index (κ1) is 19.2. The molecule has 0 spiro atoms. The van der Waals surface area contributed by atoms with E-state index in [4.69, 9.17) is 9.73 Å². The summed E-state index contributed by atoms with van der Waals surface area (Å²) in [5, 5.41) is 6.78. The molecule has 1 aliphatic heterocycles. The van der Waals surface area contributed by atoms with E-state index in [1.807, 2.05) is 0 Å². The highest BCUT2D eigenvalue weighted by Gasteiger charge is 2.13. The predicted molar refractivity (Wildman–Crippen MR) is 94.5 cm³/mol. The van der Waals surface area contributed by atoms with Crippen LogP contribution < -0.4 is 10.6 Å². The van der Waals surface area contributed by atoms with Crippen LogP contribution in [0.5, 0.6) is 0 Å². The van der Waals surface area contributed by atoms with Gasteiger partial charge >= 0.3 is 0 Å². The van der Waals surface area contributed by atoms with Crippen LogP contribution in [0.15, 0.2) is 4.99 Å². The number of morpholine rings is 1. The van der Waals surface area contributed by atoms with E-state index >= 15 is 0 Å². The highest BCUT2D eigenvalue weighted by atomic mass is 16.5. The first-order chi connectivity index (χ1) is 10.6. The van der Waals surface area contributed by atoms with Crippen LogP contribution >= 0.6 is 0 Å². The van der Waals surface area contributed by atoms with Crippen molar-refractivity contribution in [2.24, 2.45) is 16.8 Å². The first-order valence-corrected chi connectivity index (χ1v) is 8.94. The highest BCUT2D eigenvalue weighted by molar-refractivity contribution is 5.79. The van der Waals surface area contributed by atoms with Crippen LogP contribution in [0.25, 0.3) is 0 Å². The lowest BCUT2D eigenvalue weighted by Crippen LogP contribution is -2.40. The summed E-state index contributed by atoms with van der Waals surface area (Å²) >= 11 is 0. The van der Waals surface area contributed by atoms with Gasteiger partial charge in [0.05, 0.1) is 13.2 Å². The van der Waals surface area contributed by atoms with Crippen molar-refractivity contribution in [2.45, 2.75) is 40.5 Å². The van der Waals surface area contributed by atoms with Gasteiger partial charge in [-0.2, -0.15) is 0 Å². The van der Waals surface area contributed by atoms with Crippen LogP contribution in [0, 0.1) is 11.8 Å². The van der Waals surface area contributed by atoms with E-state index < -0.39 is 0 Å². The fraction of sp³-hybridized carbons (Fsp3) is 0.941. The fourth-order valence-corrected chi connectivity index (χ4v) is 2.59. The van der Waals surface area contributed by atoms with E-state index in [0.29, 0.717) is 5.92 Å². The molecule has 0 radical (unpaired) electrons. The third kappa shape index (κ3) is 9.26. The topological polar surface area (TPSA) is 48.9 Å². The highest BCUT2D eigenvalue weighted by Crippen LogP contribution is 2.04. The molecule has 1 fully saturated rings. The zero-order chi connectivity index (χ0) is 16.2. The van der Waals surface area contributed by atoms with Gasteiger partial charge in [0.25, 0.3) is 0 Å². The fourth-order valence-electron chi connectivity index (χ4n) is 2.59. The molecular formula is C17H36N4O. The minimum absolute atomic E-state index is 0.573. The molecule has 1 aliphatic rings. The van der Waals surface area contributed by atoms with Crippen LogP contribution in [-0.2, 0) is 4.74 Å². The summed E-state index contributed by atoms with van der Waals surface area (Å²) in [6.07, 6.45) is 2.46. The molecule has 1 unspecified atom stereocenters. The second-order valence-corrected chi connectivity index (χ2v) is 6.70. The lowest BCUT2D eigenvalue weighted by atomic mass is 10.1. The maximum absolute atomic E-state index is 5.39. The summed E-state index contributed by atoms with van der Waals surface area (Å²) in [5.74, 6) is 2.30. The van der Waals surface area contributed by atoms with Crippen molar-refractivity contribution < 1.29 is 4.74 Å². The van der Waals surface area contributed by atoms with Crippen LogP contribution in [0.3, 0.4) is 0 Å². The van der Waals surface area contributed by atoms with Crippen LogP contribution in [0.4, 0.5) is 0 Å². The van der Waals surface area contributed by atoms with E-state index in [2.05, 4.69) is 43.2 Å². The van der Waals surface area contributed by atoms with Crippen molar-refractivity contribution in [3.05, 3.63) is 0 Å². The molecule has 0 bridgehead atoms. The van der Waals surface area contributed by atoms with Crippen molar-refractivity contribution >= 4 is 5.96 Å². The number of guanidine groups is 1. The molecule has 0 aromatic rings. The Balaban J connectivity index is 2.26. The Hall–Kier alpha value is -0.810. The van der Waals surface area contributed by atoms with Gasteiger partial charge in [0, 0.05) is 39.3 Å². The molecule has 1 heterocycles. The van der Waals surface area contributed by atoms with Crippen LogP contribution in [-0.4, -0.2) is 63.3 Å². The number of nitrogens with one attached hydrogen (secondary N) is 2. The Kier molecular flexibility index (Phi) is 10.2. The standard InChI is InChI=1S/C17H36N4O/c1-5-18-17(19-8-6-7-15(2)3)20-13-16(4)14-21-9-11-22-12-10-21/h15-16H,5-14H2,1-4H3,(H2,18,19,20). The van der Waals surface area contributed by atoms with E-state index in [0.717, 1.165) is 64.4 Å². The summed E-state index contributed by atoms with van der Waals surface area (Å²) in [6, 6.07) is 0. The van der Waals surface area contributed by atoms with Gasteiger partial charge in [-0.25, -0.2) is 0 Å². The molecule has 130 valence electrons. The number of hydrogen-bond donors (Lipinski definition) is 2. The Bertz CT molecular complexity index is 301. The van der Waals surface area contributed by atoms with Gasteiger partial charge in [0.1, 0.15) is 0 Å². The molecule has 5 nitrogen and oxygen atoms in total. The van der Waals surface area contributed by atoms with E-state index in [1.54, 1.807) is 0 Å².